The summed E-state index contributed by atoms with van der Waals surface area (Å²) in [6.45, 7) is 4.90. The van der Waals surface area contributed by atoms with E-state index in [1.807, 2.05) is 12.1 Å². The summed E-state index contributed by atoms with van der Waals surface area (Å²) in [5.74, 6) is 1.39. The predicted octanol–water partition coefficient (Wildman–Crippen LogP) is 2.42. The number of hydrogen-bond acceptors (Lipinski definition) is 4. The van der Waals surface area contributed by atoms with E-state index < -0.39 is 0 Å². The Bertz CT molecular complexity index is 375. The van der Waals surface area contributed by atoms with Crippen LogP contribution in [0.15, 0.2) is 12.1 Å². The van der Waals surface area contributed by atoms with Crippen LogP contribution in [0.2, 0.25) is 0 Å². The van der Waals surface area contributed by atoms with Crippen molar-refractivity contribution in [1.29, 1.82) is 0 Å². The van der Waals surface area contributed by atoms with Crippen LogP contribution in [0, 0.1) is 0 Å². The Morgan fingerprint density at radius 1 is 1.50 bits per heavy atom. The van der Waals surface area contributed by atoms with Crippen LogP contribution in [0.4, 0.5) is 11.5 Å². The topological polar surface area (TPSA) is 60.2 Å². The molecular weight excluding hydrogens is 202 g/mol. The van der Waals surface area contributed by atoms with E-state index in [9.17, 15) is 0 Å². The normalized spacial score (nSPS) is 16.9. The molecule has 1 aliphatic carbocycles. The first kappa shape index (κ1) is 11.0. The van der Waals surface area contributed by atoms with Crippen molar-refractivity contribution in [2.24, 2.45) is 0 Å². The number of nitrogens with zero attached hydrogens (tertiary/aromatic N) is 1. The second kappa shape index (κ2) is 4.20. The lowest BCUT2D eigenvalue weighted by molar-refractivity contribution is 0.307. The third-order valence-electron chi connectivity index (χ3n) is 2.76. The zero-order valence-corrected chi connectivity index (χ0v) is 9.92. The van der Waals surface area contributed by atoms with Gasteiger partial charge in [0.05, 0.1) is 12.3 Å². The SMILES string of the molecule is CCCOc1nc(NC2(C)CC2)ccc1N. The minimum Gasteiger partial charge on any atom is -0.476 e. The molecule has 1 aliphatic rings. The minimum absolute atomic E-state index is 0.227. The fourth-order valence-electron chi connectivity index (χ4n) is 1.46. The highest BCUT2D eigenvalue weighted by Crippen LogP contribution is 2.38. The number of anilines is 2. The summed E-state index contributed by atoms with van der Waals surface area (Å²) < 4.78 is 5.49. The van der Waals surface area contributed by atoms with Crippen molar-refractivity contribution in [1.82, 2.24) is 4.98 Å². The van der Waals surface area contributed by atoms with Crippen molar-refractivity contribution >= 4 is 11.5 Å². The largest absolute Gasteiger partial charge is 0.476 e. The van der Waals surface area contributed by atoms with Gasteiger partial charge in [-0.15, -0.1) is 0 Å². The third kappa shape index (κ3) is 2.56. The number of pyridine rings is 1. The lowest BCUT2D eigenvalue weighted by Crippen LogP contribution is -2.17. The number of rotatable bonds is 5. The highest BCUT2D eigenvalue weighted by Gasteiger charge is 2.37. The van der Waals surface area contributed by atoms with Gasteiger partial charge in [-0.25, -0.2) is 0 Å². The van der Waals surface area contributed by atoms with Gasteiger partial charge in [0.2, 0.25) is 5.88 Å². The minimum atomic E-state index is 0.227. The molecule has 2 rings (SSSR count). The maximum absolute atomic E-state index is 5.79. The molecule has 3 N–H and O–H groups in total. The molecule has 1 aromatic heterocycles. The van der Waals surface area contributed by atoms with Gasteiger partial charge < -0.3 is 15.8 Å². The van der Waals surface area contributed by atoms with E-state index in [4.69, 9.17) is 10.5 Å². The molecule has 1 heterocycles. The number of nitrogens with two attached hydrogens (primary N) is 1. The Hall–Kier alpha value is -1.45. The molecule has 1 aromatic rings. The van der Waals surface area contributed by atoms with Crippen LogP contribution >= 0.6 is 0 Å². The van der Waals surface area contributed by atoms with Crippen LogP contribution in [0.25, 0.3) is 0 Å². The number of nitrogens with one attached hydrogen (secondary N) is 1. The summed E-state index contributed by atoms with van der Waals surface area (Å²) in [5, 5.41) is 3.39. The number of aromatic nitrogens is 1. The molecule has 0 radical (unpaired) electrons. The first-order chi connectivity index (χ1) is 7.63. The lowest BCUT2D eigenvalue weighted by atomic mass is 10.3. The summed E-state index contributed by atoms with van der Waals surface area (Å²) in [4.78, 5) is 4.38. The molecule has 16 heavy (non-hydrogen) atoms. The van der Waals surface area contributed by atoms with Crippen molar-refractivity contribution in [3.63, 3.8) is 0 Å². The lowest BCUT2D eigenvalue weighted by Gasteiger charge is -2.14. The van der Waals surface area contributed by atoms with E-state index in [0.29, 0.717) is 18.2 Å². The summed E-state index contributed by atoms with van der Waals surface area (Å²) in [5.41, 5.74) is 6.62. The van der Waals surface area contributed by atoms with E-state index in [0.717, 1.165) is 12.2 Å². The summed E-state index contributed by atoms with van der Waals surface area (Å²) in [6, 6.07) is 3.74. The molecule has 0 aliphatic heterocycles. The van der Waals surface area contributed by atoms with E-state index in [1.54, 1.807) is 0 Å². The Kier molecular flexibility index (Phi) is 2.90. The molecule has 0 spiro atoms. The van der Waals surface area contributed by atoms with Gasteiger partial charge in [0, 0.05) is 5.54 Å². The summed E-state index contributed by atoms with van der Waals surface area (Å²) >= 11 is 0. The molecule has 0 bridgehead atoms. The Morgan fingerprint density at radius 3 is 2.88 bits per heavy atom. The molecule has 4 heteroatoms. The van der Waals surface area contributed by atoms with E-state index in [1.165, 1.54) is 12.8 Å². The van der Waals surface area contributed by atoms with Gasteiger partial charge in [-0.3, -0.25) is 0 Å². The first-order valence-corrected chi connectivity index (χ1v) is 5.80. The average molecular weight is 221 g/mol. The standard InChI is InChI=1S/C12H19N3O/c1-3-8-16-11-9(13)4-5-10(14-11)15-12(2)6-7-12/h4-5H,3,6-8,13H2,1-2H3,(H,14,15). The second-order valence-corrected chi connectivity index (χ2v) is 4.62. The predicted molar refractivity (Wildman–Crippen MR) is 65.7 cm³/mol. The Labute approximate surface area is 96.2 Å². The molecule has 0 unspecified atom stereocenters. The Morgan fingerprint density at radius 2 is 2.25 bits per heavy atom. The highest BCUT2D eigenvalue weighted by atomic mass is 16.5. The smallest absolute Gasteiger partial charge is 0.239 e. The van der Waals surface area contributed by atoms with Gasteiger partial charge in [0.1, 0.15) is 5.82 Å². The molecule has 0 aromatic carbocycles. The van der Waals surface area contributed by atoms with E-state index in [2.05, 4.69) is 24.1 Å². The van der Waals surface area contributed by atoms with Gasteiger partial charge >= 0.3 is 0 Å². The van der Waals surface area contributed by atoms with Gasteiger partial charge in [0.15, 0.2) is 0 Å². The fourth-order valence-corrected chi connectivity index (χ4v) is 1.46. The maximum Gasteiger partial charge on any atom is 0.239 e. The van der Waals surface area contributed by atoms with Gasteiger partial charge in [-0.2, -0.15) is 4.98 Å². The number of ether oxygens (including phenoxy) is 1. The average Bonchev–Trinajstić information content (AvgIpc) is 2.97. The zero-order valence-electron chi connectivity index (χ0n) is 9.92. The Balaban J connectivity index is 2.08. The van der Waals surface area contributed by atoms with Gasteiger partial charge in [-0.1, -0.05) is 6.92 Å². The summed E-state index contributed by atoms with van der Waals surface area (Å²) in [7, 11) is 0. The van der Waals surface area contributed by atoms with Crippen LogP contribution < -0.4 is 15.8 Å². The zero-order chi connectivity index (χ0) is 11.6. The third-order valence-corrected chi connectivity index (χ3v) is 2.76. The van der Waals surface area contributed by atoms with E-state index in [-0.39, 0.29) is 5.54 Å². The molecule has 88 valence electrons. The van der Waals surface area contributed by atoms with Crippen LogP contribution in [0.3, 0.4) is 0 Å². The van der Waals surface area contributed by atoms with Crippen LogP contribution in [-0.2, 0) is 0 Å². The molecular formula is C12H19N3O. The van der Waals surface area contributed by atoms with Crippen molar-refractivity contribution < 1.29 is 4.74 Å². The molecule has 1 saturated carbocycles. The van der Waals surface area contributed by atoms with Crippen LogP contribution in [0.5, 0.6) is 5.88 Å². The molecule has 0 saturated heterocycles. The molecule has 4 nitrogen and oxygen atoms in total. The maximum atomic E-state index is 5.79. The highest BCUT2D eigenvalue weighted by molar-refractivity contribution is 5.54. The monoisotopic (exact) mass is 221 g/mol. The summed E-state index contributed by atoms with van der Waals surface area (Å²) in [6.07, 6.45) is 3.35. The second-order valence-electron chi connectivity index (χ2n) is 4.62. The van der Waals surface area contributed by atoms with E-state index >= 15 is 0 Å². The van der Waals surface area contributed by atoms with Crippen LogP contribution in [-0.4, -0.2) is 17.1 Å². The first-order valence-electron chi connectivity index (χ1n) is 5.80. The molecule has 0 amide bonds. The van der Waals surface area contributed by atoms with Crippen molar-refractivity contribution in [2.45, 2.75) is 38.6 Å². The van der Waals surface area contributed by atoms with Gasteiger partial charge in [0.25, 0.3) is 0 Å². The van der Waals surface area contributed by atoms with Crippen molar-refractivity contribution in [3.8, 4) is 5.88 Å². The van der Waals surface area contributed by atoms with Gasteiger partial charge in [-0.05, 0) is 38.3 Å². The molecule has 0 atom stereocenters. The fraction of sp³-hybridized carbons (Fsp3) is 0.583. The number of hydrogen-bond donors (Lipinski definition) is 2. The van der Waals surface area contributed by atoms with Crippen LogP contribution in [0.1, 0.15) is 33.1 Å². The molecule has 1 fully saturated rings. The number of nitrogen functional groups attached to an aromatic ring is 1. The quantitative estimate of drug-likeness (QED) is 0.801. The van der Waals surface area contributed by atoms with Crippen molar-refractivity contribution in [3.05, 3.63) is 12.1 Å². The van der Waals surface area contributed by atoms with Crippen molar-refractivity contribution in [2.75, 3.05) is 17.7 Å².